The zero-order valence-electron chi connectivity index (χ0n) is 9.35. The first-order chi connectivity index (χ1) is 8.13. The molecule has 96 valence electrons. The summed E-state index contributed by atoms with van der Waals surface area (Å²) in [5.41, 5.74) is 5.94. The maximum atomic E-state index is 12.1. The summed E-state index contributed by atoms with van der Waals surface area (Å²) in [4.78, 5) is 0. The molecule has 1 aliphatic heterocycles. The molecule has 0 aromatic carbocycles. The van der Waals surface area contributed by atoms with Gasteiger partial charge in [-0.3, -0.25) is 5.10 Å². The smallest absolute Gasteiger partial charge is 0.258 e. The summed E-state index contributed by atoms with van der Waals surface area (Å²) >= 11 is 0. The lowest BCUT2D eigenvalue weighted by atomic mass is 10.1. The molecule has 0 atom stereocenters. The Morgan fingerprint density at radius 2 is 2.24 bits per heavy atom. The van der Waals surface area contributed by atoms with Crippen LogP contribution in [0, 0.1) is 0 Å². The number of nitrogens with zero attached hydrogens (tertiary/aromatic N) is 1. The van der Waals surface area contributed by atoms with Crippen LogP contribution < -0.4 is 10.5 Å². The van der Waals surface area contributed by atoms with Crippen LogP contribution in [0.15, 0.2) is 11.2 Å². The van der Waals surface area contributed by atoms with Crippen LogP contribution in [0.2, 0.25) is 0 Å². The summed E-state index contributed by atoms with van der Waals surface area (Å²) in [5, 5.41) is 6.24. The maximum absolute atomic E-state index is 12.1. The zero-order valence-corrected chi connectivity index (χ0v) is 10.2. The van der Waals surface area contributed by atoms with Crippen LogP contribution in [0.25, 0.3) is 0 Å². The van der Waals surface area contributed by atoms with Gasteiger partial charge in [-0.2, -0.15) is 5.10 Å². The molecule has 1 fully saturated rings. The van der Waals surface area contributed by atoms with Crippen molar-refractivity contribution in [2.24, 2.45) is 5.73 Å². The van der Waals surface area contributed by atoms with Gasteiger partial charge in [0.2, 0.25) is 0 Å². The van der Waals surface area contributed by atoms with Gasteiger partial charge in [0, 0.05) is 31.4 Å². The van der Waals surface area contributed by atoms with Gasteiger partial charge in [-0.25, -0.2) is 13.1 Å². The van der Waals surface area contributed by atoms with E-state index in [2.05, 4.69) is 14.9 Å². The average Bonchev–Trinajstić information content (AvgIpc) is 2.78. The number of hydrogen-bond acceptors (Lipinski definition) is 5. The lowest BCUT2D eigenvalue weighted by Crippen LogP contribution is -2.39. The molecule has 0 unspecified atom stereocenters. The second-order valence-corrected chi connectivity index (χ2v) is 5.59. The highest BCUT2D eigenvalue weighted by Gasteiger charge is 2.25. The van der Waals surface area contributed by atoms with Crippen molar-refractivity contribution in [1.82, 2.24) is 14.9 Å². The Bertz CT molecular complexity index is 464. The van der Waals surface area contributed by atoms with Gasteiger partial charge in [0.15, 0.2) is 5.03 Å². The van der Waals surface area contributed by atoms with Gasteiger partial charge in [0.1, 0.15) is 0 Å². The van der Waals surface area contributed by atoms with E-state index in [4.69, 9.17) is 10.5 Å². The van der Waals surface area contributed by atoms with E-state index in [9.17, 15) is 8.42 Å². The second-order valence-electron chi connectivity index (χ2n) is 3.94. The highest BCUT2D eigenvalue weighted by molar-refractivity contribution is 7.89. The largest absolute Gasteiger partial charge is 0.381 e. The lowest BCUT2D eigenvalue weighted by Gasteiger charge is -2.22. The first-order valence-corrected chi connectivity index (χ1v) is 6.94. The van der Waals surface area contributed by atoms with Crippen LogP contribution in [-0.4, -0.2) is 37.9 Å². The predicted octanol–water partition coefficient (Wildman–Crippen LogP) is -0.674. The Kier molecular flexibility index (Phi) is 3.77. The molecule has 0 aliphatic carbocycles. The fourth-order valence-corrected chi connectivity index (χ4v) is 3.22. The monoisotopic (exact) mass is 260 g/mol. The van der Waals surface area contributed by atoms with Crippen LogP contribution in [0.3, 0.4) is 0 Å². The molecule has 2 rings (SSSR count). The predicted molar refractivity (Wildman–Crippen MR) is 60.6 cm³/mol. The highest BCUT2D eigenvalue weighted by atomic mass is 32.2. The molecule has 1 aromatic heterocycles. The van der Waals surface area contributed by atoms with Crippen LogP contribution in [0.5, 0.6) is 0 Å². The molecule has 0 amide bonds. The number of H-pyrrole nitrogens is 1. The molecule has 0 radical (unpaired) electrons. The van der Waals surface area contributed by atoms with Crippen molar-refractivity contribution in [1.29, 1.82) is 0 Å². The summed E-state index contributed by atoms with van der Waals surface area (Å²) in [5.74, 6) is 0. The molecule has 17 heavy (non-hydrogen) atoms. The van der Waals surface area contributed by atoms with Gasteiger partial charge in [-0.15, -0.1) is 0 Å². The van der Waals surface area contributed by atoms with Crippen LogP contribution in [-0.2, 0) is 21.3 Å². The summed E-state index contributed by atoms with van der Waals surface area (Å²) in [6.45, 7) is 1.31. The molecule has 4 N–H and O–H groups in total. The van der Waals surface area contributed by atoms with Gasteiger partial charge in [0.25, 0.3) is 10.0 Å². The number of ether oxygens (including phenoxy) is 1. The summed E-state index contributed by atoms with van der Waals surface area (Å²) < 4.78 is 31.9. The van der Waals surface area contributed by atoms with E-state index >= 15 is 0 Å². The third-order valence-electron chi connectivity index (χ3n) is 2.71. The summed E-state index contributed by atoms with van der Waals surface area (Å²) in [7, 11) is -3.56. The van der Waals surface area contributed by atoms with E-state index in [0.717, 1.165) is 0 Å². The minimum absolute atomic E-state index is 0.0616. The zero-order chi connectivity index (χ0) is 12.3. The van der Waals surface area contributed by atoms with Crippen LogP contribution in [0.4, 0.5) is 0 Å². The molecule has 0 spiro atoms. The molecule has 1 aliphatic rings. The quantitative estimate of drug-likeness (QED) is 0.664. The van der Waals surface area contributed by atoms with E-state index in [1.54, 1.807) is 0 Å². The molecule has 0 saturated carbocycles. The van der Waals surface area contributed by atoms with Gasteiger partial charge >= 0.3 is 0 Å². The SMILES string of the molecule is NCc1cn[nH]c1S(=O)(=O)NC1CCOCC1. The number of nitrogens with one attached hydrogen (secondary N) is 2. The highest BCUT2D eigenvalue weighted by Crippen LogP contribution is 2.14. The summed E-state index contributed by atoms with van der Waals surface area (Å²) in [6, 6.07) is -0.0809. The molecular weight excluding hydrogens is 244 g/mol. The molecular formula is C9H16N4O3S. The van der Waals surface area contributed by atoms with E-state index in [1.807, 2.05) is 0 Å². The number of aromatic nitrogens is 2. The Morgan fingerprint density at radius 3 is 2.88 bits per heavy atom. The lowest BCUT2D eigenvalue weighted by molar-refractivity contribution is 0.0832. The van der Waals surface area contributed by atoms with Gasteiger partial charge in [0.05, 0.1) is 6.20 Å². The number of sulfonamides is 1. The van der Waals surface area contributed by atoms with Crippen LogP contribution >= 0.6 is 0 Å². The third kappa shape index (κ3) is 2.83. The first-order valence-electron chi connectivity index (χ1n) is 5.46. The Morgan fingerprint density at radius 1 is 1.53 bits per heavy atom. The molecule has 1 saturated heterocycles. The van der Waals surface area contributed by atoms with Crippen molar-refractivity contribution in [2.75, 3.05) is 13.2 Å². The molecule has 7 nitrogen and oxygen atoms in total. The Labute approximate surface area is 99.8 Å². The number of hydrogen-bond donors (Lipinski definition) is 3. The van der Waals surface area contributed by atoms with Gasteiger partial charge < -0.3 is 10.5 Å². The van der Waals surface area contributed by atoms with E-state index < -0.39 is 10.0 Å². The minimum Gasteiger partial charge on any atom is -0.381 e. The molecule has 0 bridgehead atoms. The fraction of sp³-hybridized carbons (Fsp3) is 0.667. The van der Waals surface area contributed by atoms with Crippen molar-refractivity contribution in [2.45, 2.75) is 30.5 Å². The average molecular weight is 260 g/mol. The number of aromatic amines is 1. The van der Waals surface area contributed by atoms with E-state index in [-0.39, 0.29) is 17.6 Å². The first kappa shape index (κ1) is 12.5. The number of nitrogens with two attached hydrogens (primary N) is 1. The molecule has 2 heterocycles. The van der Waals surface area contributed by atoms with Crippen molar-refractivity contribution < 1.29 is 13.2 Å². The number of rotatable bonds is 4. The Balaban J connectivity index is 2.13. The van der Waals surface area contributed by atoms with Crippen LogP contribution in [0.1, 0.15) is 18.4 Å². The normalized spacial score (nSPS) is 18.4. The standard InChI is InChI=1S/C9H16N4O3S/c10-5-7-6-11-12-9(7)17(14,15)13-8-1-3-16-4-2-8/h6,8,13H,1-5,10H2,(H,11,12). The van der Waals surface area contributed by atoms with E-state index in [0.29, 0.717) is 31.6 Å². The third-order valence-corrected chi connectivity index (χ3v) is 4.24. The van der Waals surface area contributed by atoms with Crippen molar-refractivity contribution in [3.05, 3.63) is 11.8 Å². The maximum Gasteiger partial charge on any atom is 0.258 e. The van der Waals surface area contributed by atoms with Gasteiger partial charge in [-0.1, -0.05) is 0 Å². The molecule has 1 aromatic rings. The van der Waals surface area contributed by atoms with Crippen molar-refractivity contribution in [3.8, 4) is 0 Å². The van der Waals surface area contributed by atoms with Gasteiger partial charge in [-0.05, 0) is 12.8 Å². The van der Waals surface area contributed by atoms with E-state index in [1.165, 1.54) is 6.20 Å². The minimum atomic E-state index is -3.56. The fourth-order valence-electron chi connectivity index (χ4n) is 1.77. The molecule has 8 heteroatoms. The Hall–Kier alpha value is -0.960. The van der Waals surface area contributed by atoms with Crippen molar-refractivity contribution >= 4 is 10.0 Å². The van der Waals surface area contributed by atoms with Crippen molar-refractivity contribution in [3.63, 3.8) is 0 Å². The second kappa shape index (κ2) is 5.13. The topological polar surface area (TPSA) is 110 Å². The summed E-state index contributed by atoms with van der Waals surface area (Å²) in [6.07, 6.45) is 2.80.